The maximum Gasteiger partial charge on any atom is 0.241 e. The quantitative estimate of drug-likeness (QED) is 0.383. The Balaban J connectivity index is 1.57. The number of ketones is 2. The zero-order chi connectivity index (χ0) is 23.8. The van der Waals surface area contributed by atoms with Crippen molar-refractivity contribution < 1.29 is 23.9 Å². The summed E-state index contributed by atoms with van der Waals surface area (Å²) in [5.74, 6) is -4.96. The van der Waals surface area contributed by atoms with Crippen molar-refractivity contribution in [1.82, 2.24) is 0 Å². The fourth-order valence-electron chi connectivity index (χ4n) is 5.36. The van der Waals surface area contributed by atoms with Crippen molar-refractivity contribution >= 4 is 52.3 Å². The molecule has 0 bridgehead atoms. The lowest BCUT2D eigenvalue weighted by Crippen LogP contribution is -2.51. The number of Topliss-reactive ketones (excluding diaryl/α,β-unsaturated/α-hetero) is 2. The van der Waals surface area contributed by atoms with E-state index in [4.69, 9.17) is 27.9 Å². The molecule has 3 atom stereocenters. The van der Waals surface area contributed by atoms with Crippen molar-refractivity contribution in [2.24, 2.45) is 11.8 Å². The molecular formula is C26H15Cl2NO5. The summed E-state index contributed by atoms with van der Waals surface area (Å²) in [6.07, 6.45) is -0.979. The Bertz CT molecular complexity index is 1380. The Morgan fingerprint density at radius 1 is 0.765 bits per heavy atom. The van der Waals surface area contributed by atoms with Gasteiger partial charge in [-0.05, 0) is 23.8 Å². The molecule has 0 unspecified atom stereocenters. The van der Waals surface area contributed by atoms with Gasteiger partial charge in [-0.15, -0.1) is 0 Å². The molecule has 34 heavy (non-hydrogen) atoms. The molecule has 2 fully saturated rings. The predicted octanol–water partition coefficient (Wildman–Crippen LogP) is 4.69. The first kappa shape index (κ1) is 21.2. The zero-order valence-corrected chi connectivity index (χ0v) is 18.9. The van der Waals surface area contributed by atoms with E-state index in [1.807, 2.05) is 0 Å². The lowest BCUT2D eigenvalue weighted by molar-refractivity contribution is -0.127. The Morgan fingerprint density at radius 2 is 1.38 bits per heavy atom. The second-order valence-corrected chi connectivity index (χ2v) is 9.34. The summed E-state index contributed by atoms with van der Waals surface area (Å²) in [6, 6.07) is 19.6. The summed E-state index contributed by atoms with van der Waals surface area (Å²) in [4.78, 5) is 56.0. The van der Waals surface area contributed by atoms with Gasteiger partial charge in [-0.25, -0.2) is 4.90 Å². The summed E-state index contributed by atoms with van der Waals surface area (Å²) < 4.78 is 6.22. The van der Waals surface area contributed by atoms with Gasteiger partial charge in [-0.2, -0.15) is 0 Å². The van der Waals surface area contributed by atoms with E-state index in [9.17, 15) is 19.2 Å². The molecule has 0 saturated carbocycles. The molecule has 0 radical (unpaired) electrons. The number of rotatable bonds is 2. The van der Waals surface area contributed by atoms with Crippen LogP contribution in [-0.4, -0.2) is 29.0 Å². The summed E-state index contributed by atoms with van der Waals surface area (Å²) in [6.45, 7) is 0. The summed E-state index contributed by atoms with van der Waals surface area (Å²) in [7, 11) is 0. The fourth-order valence-corrected chi connectivity index (χ4v) is 5.72. The number of ether oxygens (including phenoxy) is 1. The third-order valence-corrected chi connectivity index (χ3v) is 7.35. The lowest BCUT2D eigenvalue weighted by Gasteiger charge is -2.27. The van der Waals surface area contributed by atoms with Crippen molar-refractivity contribution in [2.75, 3.05) is 4.90 Å². The average Bonchev–Trinajstić information content (AvgIpc) is 3.41. The third-order valence-electron chi connectivity index (χ3n) is 6.80. The molecule has 2 saturated heterocycles. The molecular weight excluding hydrogens is 477 g/mol. The van der Waals surface area contributed by atoms with Gasteiger partial charge in [-0.1, -0.05) is 77.8 Å². The van der Waals surface area contributed by atoms with Crippen molar-refractivity contribution in [2.45, 2.75) is 11.7 Å². The topological polar surface area (TPSA) is 80.8 Å². The maximum absolute atomic E-state index is 13.9. The third kappa shape index (κ3) is 2.61. The van der Waals surface area contributed by atoms with Gasteiger partial charge in [0.1, 0.15) is 0 Å². The van der Waals surface area contributed by atoms with Crippen molar-refractivity contribution in [3.05, 3.63) is 99.5 Å². The number of imide groups is 1. The van der Waals surface area contributed by atoms with E-state index in [1.165, 1.54) is 30.3 Å². The number of fused-ring (bicyclic) bond motifs is 3. The molecule has 2 aliphatic heterocycles. The molecule has 2 heterocycles. The number of benzene rings is 3. The second kappa shape index (κ2) is 7.34. The van der Waals surface area contributed by atoms with Crippen LogP contribution < -0.4 is 4.90 Å². The highest BCUT2D eigenvalue weighted by Crippen LogP contribution is 2.58. The van der Waals surface area contributed by atoms with Crippen LogP contribution in [0.5, 0.6) is 0 Å². The van der Waals surface area contributed by atoms with E-state index in [0.717, 1.165) is 4.90 Å². The van der Waals surface area contributed by atoms with E-state index in [2.05, 4.69) is 0 Å². The van der Waals surface area contributed by atoms with Crippen molar-refractivity contribution in [3.8, 4) is 0 Å². The number of anilines is 1. The van der Waals surface area contributed by atoms with E-state index >= 15 is 0 Å². The van der Waals surface area contributed by atoms with Crippen LogP contribution in [0.2, 0.25) is 10.0 Å². The Labute approximate surface area is 204 Å². The van der Waals surface area contributed by atoms with Gasteiger partial charge in [0.2, 0.25) is 29.0 Å². The minimum absolute atomic E-state index is 0.107. The molecule has 2 amide bonds. The molecule has 1 aliphatic carbocycles. The highest BCUT2D eigenvalue weighted by molar-refractivity contribution is 6.40. The van der Waals surface area contributed by atoms with Gasteiger partial charge in [-0.3, -0.25) is 19.2 Å². The van der Waals surface area contributed by atoms with Crippen LogP contribution in [0.25, 0.3) is 0 Å². The van der Waals surface area contributed by atoms with Gasteiger partial charge in [0.25, 0.3) is 0 Å². The minimum Gasteiger partial charge on any atom is -0.349 e. The number of halogens is 2. The number of hydrogen-bond acceptors (Lipinski definition) is 5. The molecule has 6 rings (SSSR count). The van der Waals surface area contributed by atoms with E-state index < -0.39 is 46.9 Å². The van der Waals surface area contributed by atoms with Crippen LogP contribution in [0.3, 0.4) is 0 Å². The smallest absolute Gasteiger partial charge is 0.241 e. The number of hydrogen-bond donors (Lipinski definition) is 0. The van der Waals surface area contributed by atoms with Crippen molar-refractivity contribution in [1.29, 1.82) is 0 Å². The van der Waals surface area contributed by atoms with Crippen LogP contribution in [0.15, 0.2) is 72.8 Å². The van der Waals surface area contributed by atoms with Crippen LogP contribution >= 0.6 is 23.2 Å². The van der Waals surface area contributed by atoms with Gasteiger partial charge in [0.05, 0.1) is 28.6 Å². The number of nitrogens with zero attached hydrogens (tertiary/aromatic N) is 1. The second-order valence-electron chi connectivity index (χ2n) is 8.50. The number of carbonyl (C=O) groups excluding carboxylic acids is 4. The predicted molar refractivity (Wildman–Crippen MR) is 124 cm³/mol. The zero-order valence-electron chi connectivity index (χ0n) is 17.4. The van der Waals surface area contributed by atoms with Crippen LogP contribution in [-0.2, 0) is 14.3 Å². The molecule has 1 spiro atoms. The lowest BCUT2D eigenvalue weighted by atomic mass is 9.77. The molecule has 6 nitrogen and oxygen atoms in total. The monoisotopic (exact) mass is 491 g/mol. The first-order valence-electron chi connectivity index (χ1n) is 10.6. The SMILES string of the molecule is O=C1[C@@H]2[C@H](c3ccccc3)OC3(C(=O)c4ccccc4C3=O)[C@H]2C(=O)N1c1cc(Cl)ccc1Cl. The van der Waals surface area contributed by atoms with Crippen LogP contribution in [0.4, 0.5) is 5.69 Å². The molecule has 8 heteroatoms. The standard InChI is InChI=1S/C26H15Cl2NO5/c27-14-10-11-17(28)18(12-14)29-24(32)19-20(25(29)33)26(34-21(19)13-6-2-1-3-7-13)22(30)15-8-4-5-9-16(15)23(26)31/h1-12,19-21H/t19-,20+,21-/m0/s1. The summed E-state index contributed by atoms with van der Waals surface area (Å²) in [5.41, 5.74) is -1.07. The molecule has 3 aliphatic rings. The average molecular weight is 492 g/mol. The molecule has 3 aromatic rings. The molecule has 3 aromatic carbocycles. The first-order chi connectivity index (χ1) is 16.4. The normalized spacial score (nSPS) is 24.8. The van der Waals surface area contributed by atoms with Gasteiger partial charge < -0.3 is 4.74 Å². The summed E-state index contributed by atoms with van der Waals surface area (Å²) in [5, 5.41) is 0.424. The fraction of sp³-hybridized carbons (Fsp3) is 0.154. The van der Waals surface area contributed by atoms with Gasteiger partial charge >= 0.3 is 0 Å². The van der Waals surface area contributed by atoms with Crippen LogP contribution in [0.1, 0.15) is 32.4 Å². The van der Waals surface area contributed by atoms with Gasteiger partial charge in [0, 0.05) is 16.1 Å². The summed E-state index contributed by atoms with van der Waals surface area (Å²) >= 11 is 12.5. The first-order valence-corrected chi connectivity index (χ1v) is 11.4. The maximum atomic E-state index is 13.9. The molecule has 168 valence electrons. The van der Waals surface area contributed by atoms with Gasteiger partial charge in [0.15, 0.2) is 0 Å². The van der Waals surface area contributed by atoms with E-state index in [0.29, 0.717) is 5.56 Å². The highest BCUT2D eigenvalue weighted by Gasteiger charge is 2.74. The largest absolute Gasteiger partial charge is 0.349 e. The highest BCUT2D eigenvalue weighted by atomic mass is 35.5. The molecule has 0 aromatic heterocycles. The Hall–Kier alpha value is -3.32. The van der Waals surface area contributed by atoms with Crippen molar-refractivity contribution in [3.63, 3.8) is 0 Å². The Morgan fingerprint density at radius 3 is 2.03 bits per heavy atom. The Kier molecular flexibility index (Phi) is 4.58. The van der Waals surface area contributed by atoms with E-state index in [1.54, 1.807) is 42.5 Å². The number of carbonyl (C=O) groups is 4. The van der Waals surface area contributed by atoms with E-state index in [-0.39, 0.29) is 26.9 Å². The molecule has 0 N–H and O–H groups in total. The minimum atomic E-state index is -2.12. The van der Waals surface area contributed by atoms with Crippen LogP contribution in [0, 0.1) is 11.8 Å². The number of amides is 2.